The molecule has 3 N–H and O–H groups in total. The predicted molar refractivity (Wildman–Crippen MR) is 130 cm³/mol. The number of benzene rings is 2. The summed E-state index contributed by atoms with van der Waals surface area (Å²) in [6, 6.07) is 18.8. The third-order valence-corrected chi connectivity index (χ3v) is 5.39. The van der Waals surface area contributed by atoms with Crippen LogP contribution in [0, 0.1) is 6.92 Å². The standard InChI is InChI=1S/C24H20F2N6OS/c1-15-10-11-27-20(12-15)32-22-13-21(28-14-29-22)30-16-6-8-17(9-7-16)31-23(33)18-4-2-3-5-19(18)34-24(25)26/h2-14,24H,1H3,(H,31,33)(H2,27,28,29,30,32). The van der Waals surface area contributed by atoms with Crippen molar-refractivity contribution in [3.63, 3.8) is 0 Å². The van der Waals surface area contributed by atoms with E-state index in [4.69, 9.17) is 0 Å². The molecule has 0 bridgehead atoms. The highest BCUT2D eigenvalue weighted by Crippen LogP contribution is 2.29. The van der Waals surface area contributed by atoms with Crippen LogP contribution in [0.5, 0.6) is 0 Å². The molecule has 0 spiro atoms. The molecular weight excluding hydrogens is 458 g/mol. The van der Waals surface area contributed by atoms with Crippen LogP contribution in [0.3, 0.4) is 0 Å². The van der Waals surface area contributed by atoms with E-state index in [1.165, 1.54) is 18.5 Å². The summed E-state index contributed by atoms with van der Waals surface area (Å²) >= 11 is 0.344. The molecule has 2 heterocycles. The Kier molecular flexibility index (Phi) is 7.28. The Morgan fingerprint density at radius 2 is 1.53 bits per heavy atom. The molecule has 10 heteroatoms. The lowest BCUT2D eigenvalue weighted by atomic mass is 10.2. The molecule has 0 fully saturated rings. The van der Waals surface area contributed by atoms with Gasteiger partial charge in [0.25, 0.3) is 11.7 Å². The summed E-state index contributed by atoms with van der Waals surface area (Å²) in [5.74, 6) is -1.23. The quantitative estimate of drug-likeness (QED) is 0.258. The number of nitrogens with one attached hydrogen (secondary N) is 3. The first-order chi connectivity index (χ1) is 16.5. The molecule has 172 valence electrons. The monoisotopic (exact) mass is 478 g/mol. The number of anilines is 5. The second-order valence-corrected chi connectivity index (χ2v) is 8.19. The fourth-order valence-corrected chi connectivity index (χ4v) is 3.70. The Bertz CT molecular complexity index is 1290. The van der Waals surface area contributed by atoms with Gasteiger partial charge >= 0.3 is 0 Å². The largest absolute Gasteiger partial charge is 0.340 e. The Morgan fingerprint density at radius 3 is 2.26 bits per heavy atom. The molecule has 7 nitrogen and oxygen atoms in total. The Labute approximate surface area is 199 Å². The van der Waals surface area contributed by atoms with Gasteiger partial charge in [0, 0.05) is 28.5 Å². The van der Waals surface area contributed by atoms with Gasteiger partial charge in [-0.05, 0) is 61.0 Å². The van der Waals surface area contributed by atoms with Crippen molar-refractivity contribution >= 4 is 46.5 Å². The van der Waals surface area contributed by atoms with E-state index in [2.05, 4.69) is 30.9 Å². The number of aromatic nitrogens is 3. The van der Waals surface area contributed by atoms with Gasteiger partial charge in [-0.2, -0.15) is 8.78 Å². The van der Waals surface area contributed by atoms with E-state index >= 15 is 0 Å². The maximum atomic E-state index is 12.8. The molecule has 4 aromatic rings. The van der Waals surface area contributed by atoms with Gasteiger partial charge < -0.3 is 16.0 Å². The molecule has 1 amide bonds. The Morgan fingerprint density at radius 1 is 0.853 bits per heavy atom. The highest BCUT2D eigenvalue weighted by molar-refractivity contribution is 7.99. The fraction of sp³-hybridized carbons (Fsp3) is 0.0833. The zero-order chi connectivity index (χ0) is 23.9. The number of hydrogen-bond donors (Lipinski definition) is 3. The van der Waals surface area contributed by atoms with Gasteiger partial charge in [0.2, 0.25) is 0 Å². The first kappa shape index (κ1) is 23.1. The summed E-state index contributed by atoms with van der Waals surface area (Å²) in [4.78, 5) is 25.5. The maximum Gasteiger partial charge on any atom is 0.288 e. The van der Waals surface area contributed by atoms with Crippen molar-refractivity contribution in [2.45, 2.75) is 17.6 Å². The summed E-state index contributed by atoms with van der Waals surface area (Å²) in [6.45, 7) is 1.98. The summed E-state index contributed by atoms with van der Waals surface area (Å²) in [7, 11) is 0. The van der Waals surface area contributed by atoms with Gasteiger partial charge in [0.15, 0.2) is 0 Å². The van der Waals surface area contributed by atoms with E-state index in [1.807, 2.05) is 19.1 Å². The fourth-order valence-electron chi connectivity index (χ4n) is 3.07. The summed E-state index contributed by atoms with van der Waals surface area (Å²) in [6.07, 6.45) is 3.15. The molecule has 0 aliphatic heterocycles. The van der Waals surface area contributed by atoms with E-state index in [9.17, 15) is 13.6 Å². The lowest BCUT2D eigenvalue weighted by Crippen LogP contribution is -2.13. The van der Waals surface area contributed by atoms with Gasteiger partial charge in [-0.25, -0.2) is 15.0 Å². The van der Waals surface area contributed by atoms with Crippen LogP contribution in [-0.4, -0.2) is 26.6 Å². The molecule has 0 saturated carbocycles. The van der Waals surface area contributed by atoms with E-state index < -0.39 is 11.7 Å². The number of amides is 1. The van der Waals surface area contributed by atoms with Crippen molar-refractivity contribution in [3.8, 4) is 0 Å². The molecule has 2 aromatic heterocycles. The number of rotatable bonds is 8. The number of halogens is 2. The summed E-state index contributed by atoms with van der Waals surface area (Å²) in [5, 5.41) is 9.04. The topological polar surface area (TPSA) is 91.8 Å². The van der Waals surface area contributed by atoms with E-state index in [-0.39, 0.29) is 10.5 Å². The molecule has 2 aromatic carbocycles. The number of pyridine rings is 1. The first-order valence-electron chi connectivity index (χ1n) is 10.2. The Balaban J connectivity index is 1.40. The number of hydrogen-bond acceptors (Lipinski definition) is 7. The molecule has 34 heavy (non-hydrogen) atoms. The minimum Gasteiger partial charge on any atom is -0.340 e. The van der Waals surface area contributed by atoms with Gasteiger partial charge in [-0.3, -0.25) is 4.79 Å². The zero-order valence-electron chi connectivity index (χ0n) is 18.0. The van der Waals surface area contributed by atoms with Crippen LogP contribution in [0.2, 0.25) is 0 Å². The second-order valence-electron chi connectivity index (χ2n) is 7.16. The smallest absolute Gasteiger partial charge is 0.288 e. The van der Waals surface area contributed by atoms with Gasteiger partial charge in [-0.1, -0.05) is 23.9 Å². The van der Waals surface area contributed by atoms with E-state index in [1.54, 1.807) is 48.7 Å². The molecule has 4 rings (SSSR count). The van der Waals surface area contributed by atoms with Gasteiger partial charge in [0.05, 0.1) is 5.56 Å². The first-order valence-corrected chi connectivity index (χ1v) is 11.1. The van der Waals surface area contributed by atoms with E-state index in [0.29, 0.717) is 34.9 Å². The number of thioether (sulfide) groups is 1. The molecule has 0 saturated heterocycles. The molecule has 0 aliphatic rings. The van der Waals surface area contributed by atoms with Crippen molar-refractivity contribution in [2.75, 3.05) is 16.0 Å². The highest BCUT2D eigenvalue weighted by atomic mass is 32.2. The van der Waals surface area contributed by atoms with Crippen molar-refractivity contribution in [3.05, 3.63) is 90.4 Å². The number of nitrogens with zero attached hydrogens (tertiary/aromatic N) is 3. The average Bonchev–Trinajstić information content (AvgIpc) is 2.80. The molecule has 0 atom stereocenters. The lowest BCUT2D eigenvalue weighted by molar-refractivity contribution is 0.102. The number of carbonyl (C=O) groups is 1. The SMILES string of the molecule is Cc1ccnc(Nc2cc(Nc3ccc(NC(=O)c4ccccc4SC(F)F)cc3)ncn2)c1. The summed E-state index contributed by atoms with van der Waals surface area (Å²) < 4.78 is 25.5. The third kappa shape index (κ3) is 6.26. The van der Waals surface area contributed by atoms with Crippen LogP contribution in [0.25, 0.3) is 0 Å². The minimum atomic E-state index is -2.61. The van der Waals surface area contributed by atoms with Crippen LogP contribution in [-0.2, 0) is 0 Å². The summed E-state index contributed by atoms with van der Waals surface area (Å²) in [5.41, 5.74) is 2.54. The second kappa shape index (κ2) is 10.7. The number of carbonyl (C=O) groups excluding carboxylic acids is 1. The maximum absolute atomic E-state index is 12.8. The van der Waals surface area contributed by atoms with Crippen molar-refractivity contribution in [1.82, 2.24) is 15.0 Å². The average molecular weight is 479 g/mol. The predicted octanol–water partition coefficient (Wildman–Crippen LogP) is 6.23. The zero-order valence-corrected chi connectivity index (χ0v) is 18.8. The molecule has 0 aliphatic carbocycles. The highest BCUT2D eigenvalue weighted by Gasteiger charge is 2.15. The van der Waals surface area contributed by atoms with Crippen LogP contribution < -0.4 is 16.0 Å². The molecular formula is C24H20F2N6OS. The third-order valence-electron chi connectivity index (χ3n) is 4.60. The molecule has 0 unspecified atom stereocenters. The lowest BCUT2D eigenvalue weighted by Gasteiger charge is -2.11. The van der Waals surface area contributed by atoms with Gasteiger partial charge in [-0.15, -0.1) is 0 Å². The van der Waals surface area contributed by atoms with Crippen LogP contribution >= 0.6 is 11.8 Å². The van der Waals surface area contributed by atoms with Crippen molar-refractivity contribution in [2.24, 2.45) is 0 Å². The van der Waals surface area contributed by atoms with Crippen molar-refractivity contribution in [1.29, 1.82) is 0 Å². The van der Waals surface area contributed by atoms with E-state index in [0.717, 1.165) is 11.3 Å². The van der Waals surface area contributed by atoms with Crippen LogP contribution in [0.4, 0.5) is 37.6 Å². The number of alkyl halides is 2. The number of aryl methyl sites for hydroxylation is 1. The Hall–Kier alpha value is -4.05. The normalized spacial score (nSPS) is 10.7. The van der Waals surface area contributed by atoms with Gasteiger partial charge in [0.1, 0.15) is 23.8 Å². The van der Waals surface area contributed by atoms with Crippen LogP contribution in [0.15, 0.2) is 84.1 Å². The van der Waals surface area contributed by atoms with Crippen LogP contribution in [0.1, 0.15) is 15.9 Å². The molecule has 0 radical (unpaired) electrons. The van der Waals surface area contributed by atoms with Crippen molar-refractivity contribution < 1.29 is 13.6 Å². The minimum absolute atomic E-state index is 0.194.